The van der Waals surface area contributed by atoms with Crippen molar-refractivity contribution in [1.82, 2.24) is 14.9 Å². The second-order valence-electron chi connectivity index (χ2n) is 12.3. The molecule has 2 unspecified atom stereocenters. The molecule has 6 rings (SSSR count). The van der Waals surface area contributed by atoms with Crippen LogP contribution >= 0.6 is 0 Å². The third-order valence-corrected chi connectivity index (χ3v) is 10.6. The molecule has 2 aromatic rings. The van der Waals surface area contributed by atoms with Gasteiger partial charge in [0.2, 0.25) is 17.8 Å². The maximum Gasteiger partial charge on any atom is 0.226 e. The lowest BCUT2D eigenvalue weighted by Gasteiger charge is -2.59. The zero-order valence-corrected chi connectivity index (χ0v) is 21.5. The number of nitrogens with one attached hydrogen (secondary N) is 2. The molecule has 4 aliphatic rings. The number of amides is 2. The Morgan fingerprint density at radius 2 is 1.97 bits per heavy atom. The van der Waals surface area contributed by atoms with Crippen LogP contribution in [-0.2, 0) is 9.59 Å². The van der Waals surface area contributed by atoms with Crippen LogP contribution in [0.15, 0.2) is 35.5 Å². The number of fused-ring (bicyclic) bond motifs is 6. The van der Waals surface area contributed by atoms with Gasteiger partial charge in [0.05, 0.1) is 11.0 Å². The molecule has 2 N–H and O–H groups in total. The predicted molar refractivity (Wildman–Crippen MR) is 137 cm³/mol. The highest BCUT2D eigenvalue weighted by Crippen LogP contribution is 2.67. The van der Waals surface area contributed by atoms with Gasteiger partial charge in [0, 0.05) is 31.0 Å². The summed E-state index contributed by atoms with van der Waals surface area (Å²) >= 11 is 0. The molecule has 1 saturated heterocycles. The molecule has 0 spiro atoms. The molecule has 3 fully saturated rings. The van der Waals surface area contributed by atoms with E-state index in [1.807, 2.05) is 36.2 Å². The lowest BCUT2D eigenvalue weighted by molar-refractivity contribution is -0.136. The van der Waals surface area contributed by atoms with E-state index >= 15 is 0 Å². The van der Waals surface area contributed by atoms with Crippen LogP contribution in [0.5, 0.6) is 0 Å². The number of piperidine rings is 1. The topological polar surface area (TPSA) is 78.1 Å². The van der Waals surface area contributed by atoms with Crippen LogP contribution in [-0.4, -0.2) is 33.7 Å². The van der Waals surface area contributed by atoms with Gasteiger partial charge in [0.25, 0.3) is 0 Å². The fourth-order valence-corrected chi connectivity index (χ4v) is 8.97. The first-order chi connectivity index (χ1) is 16.7. The van der Waals surface area contributed by atoms with E-state index in [0.717, 1.165) is 30.3 Å². The summed E-state index contributed by atoms with van der Waals surface area (Å²) in [6, 6.07) is 7.86. The van der Waals surface area contributed by atoms with E-state index in [4.69, 9.17) is 0 Å². The highest BCUT2D eigenvalue weighted by molar-refractivity contribution is 5.91. The first-order valence-corrected chi connectivity index (χ1v) is 13.4. The van der Waals surface area contributed by atoms with Gasteiger partial charge < -0.3 is 9.88 Å². The fourth-order valence-electron chi connectivity index (χ4n) is 8.97. The molecule has 2 amide bonds. The summed E-state index contributed by atoms with van der Waals surface area (Å²) in [5.74, 6) is 3.25. The number of para-hydroxylation sites is 2. The summed E-state index contributed by atoms with van der Waals surface area (Å²) in [5.41, 5.74) is 4.86. The average Bonchev–Trinajstić information content (AvgIpc) is 3.37. The number of hydrogen-bond donors (Lipinski definition) is 2. The van der Waals surface area contributed by atoms with E-state index in [1.54, 1.807) is 0 Å². The monoisotopic (exact) mass is 474 g/mol. The smallest absolute Gasteiger partial charge is 0.226 e. The Balaban J connectivity index is 1.20. The van der Waals surface area contributed by atoms with Crippen LogP contribution in [0.2, 0.25) is 0 Å². The SMILES string of the molecule is CC1=C2N(C)C(=O)CC[C@]2(C)C2CC[C@]3(C)[C@@H](CC(=O)Nc4nc5ccccc5[nH]4)CC[C@H]3C2C1. The van der Waals surface area contributed by atoms with Crippen molar-refractivity contribution in [3.8, 4) is 0 Å². The van der Waals surface area contributed by atoms with Crippen LogP contribution in [0.3, 0.4) is 0 Å². The Morgan fingerprint density at radius 1 is 1.17 bits per heavy atom. The largest absolute Gasteiger partial charge is 0.324 e. The number of carbonyl (C=O) groups is 2. The van der Waals surface area contributed by atoms with Gasteiger partial charge in [-0.2, -0.15) is 0 Å². The number of benzene rings is 1. The molecular weight excluding hydrogens is 436 g/mol. The molecular formula is C29H38N4O2. The number of H-pyrrole nitrogens is 1. The lowest BCUT2D eigenvalue weighted by atomic mass is 9.48. The van der Waals surface area contributed by atoms with Crippen molar-refractivity contribution in [2.24, 2.45) is 34.5 Å². The molecule has 1 aromatic carbocycles. The number of nitrogens with zero attached hydrogens (tertiary/aromatic N) is 2. The van der Waals surface area contributed by atoms with Gasteiger partial charge in [-0.05, 0) is 86.7 Å². The highest BCUT2D eigenvalue weighted by Gasteiger charge is 2.60. The second kappa shape index (κ2) is 7.94. The van der Waals surface area contributed by atoms with E-state index in [-0.39, 0.29) is 22.6 Å². The van der Waals surface area contributed by atoms with E-state index in [9.17, 15) is 9.59 Å². The first kappa shape index (κ1) is 22.8. The van der Waals surface area contributed by atoms with Gasteiger partial charge in [-0.3, -0.25) is 14.9 Å². The molecule has 1 aliphatic heterocycles. The standard InChI is InChI=1S/C29H38N4O2/c1-17-15-19-20-10-9-18(16-24(34)32-27-30-22-7-5-6-8-23(22)31-27)28(20,2)13-11-21(19)29(3)14-12-25(35)33(4)26(17)29/h5-8,18-21H,9-16H2,1-4H3,(H2,30,31,32,34)/t18-,19?,20+,21?,28-,29-/m1/s1. The molecule has 35 heavy (non-hydrogen) atoms. The molecule has 0 bridgehead atoms. The average molecular weight is 475 g/mol. The number of anilines is 1. The molecule has 6 nitrogen and oxygen atoms in total. The summed E-state index contributed by atoms with van der Waals surface area (Å²) in [5, 5.41) is 3.04. The number of allylic oxidation sites excluding steroid dienone is 2. The minimum absolute atomic E-state index is 0.0689. The van der Waals surface area contributed by atoms with Gasteiger partial charge in [-0.25, -0.2) is 4.98 Å². The summed E-state index contributed by atoms with van der Waals surface area (Å²) in [6.07, 6.45) is 8.05. The Hall–Kier alpha value is -2.63. The number of imidazole rings is 1. The molecule has 1 aromatic heterocycles. The van der Waals surface area contributed by atoms with Gasteiger partial charge in [-0.1, -0.05) is 31.6 Å². The normalized spacial score (nSPS) is 36.7. The van der Waals surface area contributed by atoms with Crippen LogP contribution in [0, 0.1) is 34.5 Å². The predicted octanol–water partition coefficient (Wildman–Crippen LogP) is 5.89. The van der Waals surface area contributed by atoms with Crippen LogP contribution in [0.4, 0.5) is 5.95 Å². The van der Waals surface area contributed by atoms with E-state index in [1.165, 1.54) is 30.5 Å². The fraction of sp³-hybridized carbons (Fsp3) is 0.621. The summed E-state index contributed by atoms with van der Waals surface area (Å²) in [4.78, 5) is 35.3. The zero-order chi connectivity index (χ0) is 24.5. The lowest BCUT2D eigenvalue weighted by Crippen LogP contribution is -2.54. The minimum atomic E-state index is 0.0689. The second-order valence-corrected chi connectivity index (χ2v) is 12.3. The van der Waals surface area contributed by atoms with Crippen LogP contribution in [0.25, 0.3) is 11.0 Å². The zero-order valence-electron chi connectivity index (χ0n) is 21.5. The third kappa shape index (κ3) is 3.39. The number of carbonyl (C=O) groups excluding carboxylic acids is 2. The minimum Gasteiger partial charge on any atom is -0.324 e. The van der Waals surface area contributed by atoms with Crippen molar-refractivity contribution >= 4 is 28.8 Å². The molecule has 2 saturated carbocycles. The Morgan fingerprint density at radius 3 is 2.77 bits per heavy atom. The van der Waals surface area contributed by atoms with Gasteiger partial charge in [-0.15, -0.1) is 0 Å². The molecule has 186 valence electrons. The van der Waals surface area contributed by atoms with Crippen molar-refractivity contribution in [1.29, 1.82) is 0 Å². The number of aromatic amines is 1. The molecule has 0 radical (unpaired) electrons. The number of hydrogen-bond acceptors (Lipinski definition) is 3. The molecule has 6 heteroatoms. The van der Waals surface area contributed by atoms with Crippen molar-refractivity contribution in [3.05, 3.63) is 35.5 Å². The summed E-state index contributed by atoms with van der Waals surface area (Å²) in [7, 11) is 1.98. The highest BCUT2D eigenvalue weighted by atomic mass is 16.2. The van der Waals surface area contributed by atoms with Crippen molar-refractivity contribution < 1.29 is 9.59 Å². The van der Waals surface area contributed by atoms with Gasteiger partial charge >= 0.3 is 0 Å². The number of likely N-dealkylation sites (tertiary alicyclic amines) is 1. The van der Waals surface area contributed by atoms with Crippen molar-refractivity contribution in [3.63, 3.8) is 0 Å². The van der Waals surface area contributed by atoms with E-state index < -0.39 is 0 Å². The van der Waals surface area contributed by atoms with Gasteiger partial charge in [0.1, 0.15) is 0 Å². The Bertz CT molecular complexity index is 1200. The van der Waals surface area contributed by atoms with Crippen LogP contribution in [0.1, 0.15) is 72.1 Å². The number of rotatable bonds is 3. The summed E-state index contributed by atoms with van der Waals surface area (Å²) in [6.45, 7) is 7.16. The first-order valence-electron chi connectivity index (χ1n) is 13.4. The maximum absolute atomic E-state index is 13.1. The maximum atomic E-state index is 13.1. The Kier molecular flexibility index (Phi) is 5.17. The quantitative estimate of drug-likeness (QED) is 0.582. The van der Waals surface area contributed by atoms with Gasteiger partial charge in [0.15, 0.2) is 0 Å². The Labute approximate surface area is 207 Å². The number of aromatic nitrogens is 2. The third-order valence-electron chi connectivity index (χ3n) is 10.6. The molecule has 2 heterocycles. The molecule has 6 atom stereocenters. The van der Waals surface area contributed by atoms with Crippen LogP contribution < -0.4 is 5.32 Å². The summed E-state index contributed by atoms with van der Waals surface area (Å²) < 4.78 is 0. The van der Waals surface area contributed by atoms with E-state index in [2.05, 4.69) is 36.1 Å². The molecule has 3 aliphatic carbocycles. The van der Waals surface area contributed by atoms with E-state index in [0.29, 0.717) is 42.5 Å². The van der Waals surface area contributed by atoms with Crippen molar-refractivity contribution in [2.45, 2.75) is 72.1 Å². The van der Waals surface area contributed by atoms with Crippen molar-refractivity contribution in [2.75, 3.05) is 12.4 Å².